The van der Waals surface area contributed by atoms with Crippen LogP contribution in [0, 0.1) is 16.0 Å². The summed E-state index contributed by atoms with van der Waals surface area (Å²) in [5.74, 6) is 0.773. The van der Waals surface area contributed by atoms with E-state index in [1.54, 1.807) is 12.1 Å². The highest BCUT2D eigenvalue weighted by atomic mass is 16.6. The Morgan fingerprint density at radius 1 is 1.56 bits per heavy atom. The summed E-state index contributed by atoms with van der Waals surface area (Å²) in [5.41, 5.74) is 7.44. The van der Waals surface area contributed by atoms with Gasteiger partial charge in [0.05, 0.1) is 4.92 Å². The minimum absolute atomic E-state index is 0.103. The lowest BCUT2D eigenvalue weighted by Gasteiger charge is -2.25. The smallest absolute Gasteiger partial charge is 0.269 e. The Labute approximate surface area is 107 Å². The Morgan fingerprint density at radius 3 is 2.78 bits per heavy atom. The number of anilines is 1. The van der Waals surface area contributed by atoms with E-state index < -0.39 is 0 Å². The number of nitrogens with two attached hydrogens (primary N) is 1. The van der Waals surface area contributed by atoms with Crippen molar-refractivity contribution in [2.45, 2.75) is 32.4 Å². The Hall–Kier alpha value is -1.62. The highest BCUT2D eigenvalue weighted by molar-refractivity contribution is 5.52. The first-order valence-corrected chi connectivity index (χ1v) is 6.22. The van der Waals surface area contributed by atoms with Crippen molar-refractivity contribution in [3.05, 3.63) is 33.9 Å². The molecule has 5 heteroatoms. The third kappa shape index (κ3) is 2.79. The molecule has 1 saturated carbocycles. The fraction of sp³-hybridized carbons (Fsp3) is 0.538. The summed E-state index contributed by atoms with van der Waals surface area (Å²) in [6.07, 6.45) is 2.58. The fourth-order valence-electron chi connectivity index (χ4n) is 2.19. The first-order chi connectivity index (χ1) is 8.49. The highest BCUT2D eigenvalue weighted by Gasteiger charge is 2.30. The largest absolute Gasteiger partial charge is 0.398 e. The lowest BCUT2D eigenvalue weighted by molar-refractivity contribution is -0.384. The number of nitrogens with zero attached hydrogens (tertiary/aromatic N) is 2. The standard InChI is InChI=1S/C13H19N3O2/c1-9(10-3-4-10)15(2)8-11-7-12(16(17)18)5-6-13(11)14/h5-7,9-10H,3-4,8,14H2,1-2H3. The summed E-state index contributed by atoms with van der Waals surface area (Å²) in [5, 5.41) is 10.8. The molecule has 1 aliphatic rings. The summed E-state index contributed by atoms with van der Waals surface area (Å²) in [6, 6.07) is 5.14. The van der Waals surface area contributed by atoms with Crippen LogP contribution in [0.2, 0.25) is 0 Å². The van der Waals surface area contributed by atoms with Gasteiger partial charge in [0.25, 0.3) is 5.69 Å². The molecule has 1 unspecified atom stereocenters. The van der Waals surface area contributed by atoms with Gasteiger partial charge < -0.3 is 5.73 Å². The number of nitro benzene ring substituents is 1. The maximum Gasteiger partial charge on any atom is 0.269 e. The van der Waals surface area contributed by atoms with Crippen molar-refractivity contribution in [2.75, 3.05) is 12.8 Å². The molecule has 2 N–H and O–H groups in total. The number of non-ortho nitro benzene ring substituents is 1. The number of nitrogen functional groups attached to an aromatic ring is 1. The molecule has 0 bridgehead atoms. The zero-order valence-corrected chi connectivity index (χ0v) is 10.8. The third-order valence-electron chi connectivity index (χ3n) is 3.76. The molecule has 98 valence electrons. The average Bonchev–Trinajstić information content (AvgIpc) is 3.14. The predicted molar refractivity (Wildman–Crippen MR) is 71.2 cm³/mol. The molecule has 0 amide bonds. The van der Waals surface area contributed by atoms with Crippen LogP contribution in [0.3, 0.4) is 0 Å². The van der Waals surface area contributed by atoms with Gasteiger partial charge in [-0.15, -0.1) is 0 Å². The molecule has 0 spiro atoms. The van der Waals surface area contributed by atoms with Crippen molar-refractivity contribution in [1.82, 2.24) is 4.90 Å². The van der Waals surface area contributed by atoms with Crippen molar-refractivity contribution >= 4 is 11.4 Å². The number of hydrogen-bond donors (Lipinski definition) is 1. The molecule has 1 aromatic rings. The second kappa shape index (κ2) is 4.94. The second-order valence-corrected chi connectivity index (χ2v) is 5.13. The second-order valence-electron chi connectivity index (χ2n) is 5.13. The molecule has 0 heterocycles. The molecule has 1 aromatic carbocycles. The summed E-state index contributed by atoms with van der Waals surface area (Å²) >= 11 is 0. The zero-order valence-electron chi connectivity index (χ0n) is 10.8. The van der Waals surface area contributed by atoms with Crippen LogP contribution in [0.1, 0.15) is 25.3 Å². The molecule has 18 heavy (non-hydrogen) atoms. The number of benzene rings is 1. The van der Waals surface area contributed by atoms with Crippen molar-refractivity contribution in [2.24, 2.45) is 5.92 Å². The van der Waals surface area contributed by atoms with Gasteiger partial charge in [0.15, 0.2) is 0 Å². The van der Waals surface area contributed by atoms with Crippen LogP contribution in [0.4, 0.5) is 11.4 Å². The summed E-state index contributed by atoms with van der Waals surface area (Å²) < 4.78 is 0. The van der Waals surface area contributed by atoms with Crippen molar-refractivity contribution in [3.63, 3.8) is 0 Å². The first kappa shape index (κ1) is 12.8. The normalized spacial score (nSPS) is 16.8. The number of rotatable bonds is 5. The van der Waals surface area contributed by atoms with Gasteiger partial charge in [-0.3, -0.25) is 15.0 Å². The van der Waals surface area contributed by atoms with Gasteiger partial charge in [0, 0.05) is 30.4 Å². The van der Waals surface area contributed by atoms with Crippen LogP contribution in [-0.4, -0.2) is 22.9 Å². The van der Waals surface area contributed by atoms with Gasteiger partial charge in [-0.2, -0.15) is 0 Å². The number of nitro groups is 1. The third-order valence-corrected chi connectivity index (χ3v) is 3.76. The van der Waals surface area contributed by atoms with E-state index in [0.29, 0.717) is 18.3 Å². The van der Waals surface area contributed by atoms with Gasteiger partial charge in [0.2, 0.25) is 0 Å². The van der Waals surface area contributed by atoms with E-state index in [0.717, 1.165) is 11.5 Å². The minimum atomic E-state index is -0.382. The van der Waals surface area contributed by atoms with Crippen LogP contribution < -0.4 is 5.73 Å². The molecule has 1 aliphatic carbocycles. The van der Waals surface area contributed by atoms with Crippen LogP contribution in [0.5, 0.6) is 0 Å². The van der Waals surface area contributed by atoms with E-state index in [9.17, 15) is 10.1 Å². The molecule has 5 nitrogen and oxygen atoms in total. The fourth-order valence-corrected chi connectivity index (χ4v) is 2.19. The summed E-state index contributed by atoms with van der Waals surface area (Å²) in [6.45, 7) is 2.86. The van der Waals surface area contributed by atoms with Crippen LogP contribution >= 0.6 is 0 Å². The van der Waals surface area contributed by atoms with Crippen molar-refractivity contribution in [1.29, 1.82) is 0 Å². The Kier molecular flexibility index (Phi) is 3.52. The minimum Gasteiger partial charge on any atom is -0.398 e. The van der Waals surface area contributed by atoms with E-state index in [4.69, 9.17) is 5.73 Å². The molecule has 1 fully saturated rings. The maximum atomic E-state index is 10.8. The zero-order chi connectivity index (χ0) is 13.3. The average molecular weight is 249 g/mol. The molecular formula is C13H19N3O2. The van der Waals surface area contributed by atoms with E-state index >= 15 is 0 Å². The van der Waals surface area contributed by atoms with Crippen molar-refractivity contribution < 1.29 is 4.92 Å². The van der Waals surface area contributed by atoms with Gasteiger partial charge >= 0.3 is 0 Å². The van der Waals surface area contributed by atoms with E-state index in [-0.39, 0.29) is 10.6 Å². The molecule has 2 rings (SSSR count). The van der Waals surface area contributed by atoms with E-state index in [2.05, 4.69) is 11.8 Å². The Bertz CT molecular complexity index is 458. The highest BCUT2D eigenvalue weighted by Crippen LogP contribution is 2.35. The first-order valence-electron chi connectivity index (χ1n) is 6.22. The predicted octanol–water partition coefficient (Wildman–Crippen LogP) is 2.41. The molecule has 0 saturated heterocycles. The molecule has 0 radical (unpaired) electrons. The maximum absolute atomic E-state index is 10.8. The topological polar surface area (TPSA) is 72.4 Å². The van der Waals surface area contributed by atoms with Gasteiger partial charge in [-0.05, 0) is 44.4 Å². The Balaban J connectivity index is 2.11. The quantitative estimate of drug-likeness (QED) is 0.494. The summed E-state index contributed by atoms with van der Waals surface area (Å²) in [4.78, 5) is 12.6. The monoisotopic (exact) mass is 249 g/mol. The SMILES string of the molecule is CC(C1CC1)N(C)Cc1cc([N+](=O)[O-])ccc1N. The molecule has 0 aliphatic heterocycles. The lowest BCUT2D eigenvalue weighted by Crippen LogP contribution is -2.30. The van der Waals surface area contributed by atoms with Crippen molar-refractivity contribution in [3.8, 4) is 0 Å². The Morgan fingerprint density at radius 2 is 2.22 bits per heavy atom. The van der Waals surface area contributed by atoms with Gasteiger partial charge in [0.1, 0.15) is 0 Å². The van der Waals surface area contributed by atoms with Gasteiger partial charge in [-0.25, -0.2) is 0 Å². The molecular weight excluding hydrogens is 230 g/mol. The van der Waals surface area contributed by atoms with E-state index in [1.165, 1.54) is 18.9 Å². The number of hydrogen-bond acceptors (Lipinski definition) is 4. The summed E-state index contributed by atoms with van der Waals surface area (Å²) in [7, 11) is 2.04. The van der Waals surface area contributed by atoms with Crippen LogP contribution in [-0.2, 0) is 6.54 Å². The lowest BCUT2D eigenvalue weighted by atomic mass is 10.1. The van der Waals surface area contributed by atoms with Crippen LogP contribution in [0.25, 0.3) is 0 Å². The molecule has 0 aromatic heterocycles. The van der Waals surface area contributed by atoms with Crippen LogP contribution in [0.15, 0.2) is 18.2 Å². The van der Waals surface area contributed by atoms with Gasteiger partial charge in [-0.1, -0.05) is 0 Å². The van der Waals surface area contributed by atoms with E-state index in [1.807, 2.05) is 7.05 Å². The molecule has 1 atom stereocenters.